The van der Waals surface area contributed by atoms with Crippen molar-refractivity contribution in [2.45, 2.75) is 71.4 Å². The van der Waals surface area contributed by atoms with Crippen molar-refractivity contribution in [1.29, 1.82) is 0 Å². The van der Waals surface area contributed by atoms with Gasteiger partial charge in [-0.3, -0.25) is 0 Å². The highest BCUT2D eigenvalue weighted by Crippen LogP contribution is 2.37. The van der Waals surface area contributed by atoms with Gasteiger partial charge in [0.05, 0.1) is 0 Å². The van der Waals surface area contributed by atoms with Gasteiger partial charge in [0.15, 0.2) is 0 Å². The summed E-state index contributed by atoms with van der Waals surface area (Å²) in [6.07, 6.45) is 5.32. The minimum Gasteiger partial charge on any atom is -0.311 e. The quantitative estimate of drug-likeness (QED) is 0.742. The zero-order valence-corrected chi connectivity index (χ0v) is 15.8. The van der Waals surface area contributed by atoms with E-state index in [2.05, 4.69) is 70.9 Å². The standard InChI is InChI=1S/C18H39N3/c1-9-17(5,13-19-16(2,3)4)14-21(8)15-18(20(6)7)11-10-12-18/h19H,9-15H2,1-8H3. The number of likely N-dealkylation sites (N-methyl/N-ethyl adjacent to an activating group) is 2. The van der Waals surface area contributed by atoms with Crippen LogP contribution in [0.5, 0.6) is 0 Å². The number of nitrogens with zero attached hydrogens (tertiary/aromatic N) is 2. The molecule has 1 fully saturated rings. The Morgan fingerprint density at radius 2 is 1.62 bits per heavy atom. The fourth-order valence-corrected chi connectivity index (χ4v) is 3.31. The van der Waals surface area contributed by atoms with E-state index in [9.17, 15) is 0 Å². The molecule has 0 radical (unpaired) electrons. The molecule has 1 rings (SSSR count). The van der Waals surface area contributed by atoms with Gasteiger partial charge in [0.1, 0.15) is 0 Å². The van der Waals surface area contributed by atoms with Crippen LogP contribution in [0.3, 0.4) is 0 Å². The first-order valence-corrected chi connectivity index (χ1v) is 8.63. The molecule has 3 heteroatoms. The Kier molecular flexibility index (Phi) is 6.28. The van der Waals surface area contributed by atoms with Crippen molar-refractivity contribution in [1.82, 2.24) is 15.1 Å². The lowest BCUT2D eigenvalue weighted by atomic mass is 9.75. The van der Waals surface area contributed by atoms with Gasteiger partial charge in [-0.2, -0.15) is 0 Å². The second kappa shape index (κ2) is 6.97. The molecule has 0 heterocycles. The summed E-state index contributed by atoms with van der Waals surface area (Å²) in [5.41, 5.74) is 0.980. The Morgan fingerprint density at radius 3 is 1.95 bits per heavy atom. The zero-order chi connectivity index (χ0) is 16.3. The van der Waals surface area contributed by atoms with E-state index in [0.717, 1.165) is 6.54 Å². The highest BCUT2D eigenvalue weighted by atomic mass is 15.2. The summed E-state index contributed by atoms with van der Waals surface area (Å²) in [6, 6.07) is 0. The minimum absolute atomic E-state index is 0.202. The predicted molar refractivity (Wildman–Crippen MR) is 93.9 cm³/mol. The summed E-state index contributed by atoms with van der Waals surface area (Å²) in [4.78, 5) is 5.01. The van der Waals surface area contributed by atoms with Crippen LogP contribution in [0.1, 0.15) is 60.3 Å². The third-order valence-corrected chi connectivity index (χ3v) is 5.35. The van der Waals surface area contributed by atoms with E-state index >= 15 is 0 Å². The van der Waals surface area contributed by atoms with Crippen molar-refractivity contribution in [2.24, 2.45) is 5.41 Å². The summed E-state index contributed by atoms with van der Waals surface area (Å²) in [7, 11) is 6.79. The first-order chi connectivity index (χ1) is 9.52. The molecule has 1 aliphatic carbocycles. The maximum absolute atomic E-state index is 3.70. The largest absolute Gasteiger partial charge is 0.311 e. The van der Waals surface area contributed by atoms with Crippen LogP contribution < -0.4 is 5.32 Å². The van der Waals surface area contributed by atoms with Crippen LogP contribution in [-0.4, -0.2) is 61.7 Å². The summed E-state index contributed by atoms with van der Waals surface area (Å²) in [6.45, 7) is 15.0. The molecule has 126 valence electrons. The molecule has 0 aromatic carbocycles. The number of hydrogen-bond acceptors (Lipinski definition) is 3. The molecule has 0 amide bonds. The Balaban J connectivity index is 2.55. The first kappa shape index (κ1) is 18.9. The molecule has 1 aliphatic rings. The smallest absolute Gasteiger partial charge is 0.0330 e. The monoisotopic (exact) mass is 297 g/mol. The van der Waals surface area contributed by atoms with Crippen LogP contribution in [0.2, 0.25) is 0 Å². The Morgan fingerprint density at radius 1 is 1.05 bits per heavy atom. The van der Waals surface area contributed by atoms with Gasteiger partial charge in [0, 0.05) is 30.7 Å². The number of rotatable bonds is 8. The van der Waals surface area contributed by atoms with Gasteiger partial charge < -0.3 is 15.1 Å². The van der Waals surface area contributed by atoms with E-state index in [4.69, 9.17) is 0 Å². The van der Waals surface area contributed by atoms with Crippen molar-refractivity contribution < 1.29 is 0 Å². The number of nitrogens with one attached hydrogen (secondary N) is 1. The molecule has 0 aromatic rings. The molecule has 1 saturated carbocycles. The molecule has 1 atom stereocenters. The van der Waals surface area contributed by atoms with E-state index in [-0.39, 0.29) is 5.54 Å². The highest BCUT2D eigenvalue weighted by molar-refractivity contribution is 4.98. The van der Waals surface area contributed by atoms with Gasteiger partial charge in [0.2, 0.25) is 0 Å². The third-order valence-electron chi connectivity index (χ3n) is 5.35. The summed E-state index contributed by atoms with van der Waals surface area (Å²) in [5.74, 6) is 0. The van der Waals surface area contributed by atoms with Gasteiger partial charge in [-0.15, -0.1) is 0 Å². The fourth-order valence-electron chi connectivity index (χ4n) is 3.31. The van der Waals surface area contributed by atoms with Gasteiger partial charge >= 0.3 is 0 Å². The fraction of sp³-hybridized carbons (Fsp3) is 1.00. The van der Waals surface area contributed by atoms with Gasteiger partial charge in [-0.25, -0.2) is 0 Å². The van der Waals surface area contributed by atoms with Crippen LogP contribution in [0.15, 0.2) is 0 Å². The van der Waals surface area contributed by atoms with Gasteiger partial charge in [0.25, 0.3) is 0 Å². The molecule has 0 aliphatic heterocycles. The van der Waals surface area contributed by atoms with Crippen LogP contribution in [0.25, 0.3) is 0 Å². The zero-order valence-electron chi connectivity index (χ0n) is 15.8. The SMILES string of the molecule is CCC(C)(CNC(C)(C)C)CN(C)CC1(N(C)C)CCC1. The maximum atomic E-state index is 3.70. The minimum atomic E-state index is 0.202. The molecule has 0 bridgehead atoms. The van der Waals surface area contributed by atoms with Crippen molar-refractivity contribution >= 4 is 0 Å². The van der Waals surface area contributed by atoms with E-state index in [1.807, 2.05) is 0 Å². The first-order valence-electron chi connectivity index (χ1n) is 8.63. The highest BCUT2D eigenvalue weighted by Gasteiger charge is 2.40. The van der Waals surface area contributed by atoms with Gasteiger partial charge in [-0.05, 0) is 73.0 Å². The van der Waals surface area contributed by atoms with E-state index < -0.39 is 0 Å². The van der Waals surface area contributed by atoms with E-state index in [0.29, 0.717) is 11.0 Å². The molecule has 0 saturated heterocycles. The Labute approximate surface area is 133 Å². The molecular weight excluding hydrogens is 258 g/mol. The van der Waals surface area contributed by atoms with Crippen molar-refractivity contribution in [3.63, 3.8) is 0 Å². The molecule has 3 nitrogen and oxygen atoms in total. The predicted octanol–water partition coefficient (Wildman–Crippen LogP) is 3.21. The van der Waals surface area contributed by atoms with Crippen LogP contribution in [0, 0.1) is 5.41 Å². The lowest BCUT2D eigenvalue weighted by Gasteiger charge is -2.50. The third kappa shape index (κ3) is 5.54. The summed E-state index contributed by atoms with van der Waals surface area (Å²) < 4.78 is 0. The average Bonchev–Trinajstić information content (AvgIpc) is 2.30. The molecular formula is C18H39N3. The second-order valence-corrected chi connectivity index (χ2v) is 8.91. The van der Waals surface area contributed by atoms with E-state index in [1.165, 1.54) is 38.8 Å². The van der Waals surface area contributed by atoms with Crippen molar-refractivity contribution in [3.05, 3.63) is 0 Å². The van der Waals surface area contributed by atoms with Crippen LogP contribution >= 0.6 is 0 Å². The van der Waals surface area contributed by atoms with Crippen LogP contribution in [-0.2, 0) is 0 Å². The lowest BCUT2D eigenvalue weighted by Crippen LogP contribution is -2.58. The summed E-state index contributed by atoms with van der Waals surface area (Å²) in [5, 5.41) is 3.70. The molecule has 21 heavy (non-hydrogen) atoms. The average molecular weight is 298 g/mol. The molecule has 0 spiro atoms. The normalized spacial score (nSPS) is 21.4. The Bertz CT molecular complexity index is 315. The molecule has 1 N–H and O–H groups in total. The molecule has 1 unspecified atom stereocenters. The number of hydrogen-bond donors (Lipinski definition) is 1. The van der Waals surface area contributed by atoms with Crippen LogP contribution in [0.4, 0.5) is 0 Å². The van der Waals surface area contributed by atoms with Gasteiger partial charge in [-0.1, -0.05) is 13.8 Å². The summed E-state index contributed by atoms with van der Waals surface area (Å²) >= 11 is 0. The Hall–Kier alpha value is -0.120. The topological polar surface area (TPSA) is 18.5 Å². The maximum Gasteiger partial charge on any atom is 0.0330 e. The second-order valence-electron chi connectivity index (χ2n) is 8.91. The molecule has 0 aromatic heterocycles. The van der Waals surface area contributed by atoms with Crippen molar-refractivity contribution in [3.8, 4) is 0 Å². The lowest BCUT2D eigenvalue weighted by molar-refractivity contribution is 0.0162. The van der Waals surface area contributed by atoms with E-state index in [1.54, 1.807) is 0 Å². The van der Waals surface area contributed by atoms with Crippen molar-refractivity contribution in [2.75, 3.05) is 40.8 Å².